The molecule has 0 bridgehead atoms. The third-order valence-electron chi connectivity index (χ3n) is 5.04. The van der Waals surface area contributed by atoms with Crippen LogP contribution in [0.15, 0.2) is 54.3 Å². The molecule has 0 unspecified atom stereocenters. The van der Waals surface area contributed by atoms with E-state index in [0.29, 0.717) is 44.3 Å². The molecule has 5 rings (SSSR count). The maximum absolute atomic E-state index is 12.7. The lowest BCUT2D eigenvalue weighted by Crippen LogP contribution is -2.14. The van der Waals surface area contributed by atoms with Gasteiger partial charge in [0.25, 0.3) is 0 Å². The van der Waals surface area contributed by atoms with Crippen LogP contribution in [0.25, 0.3) is 6.08 Å². The van der Waals surface area contributed by atoms with Gasteiger partial charge in [-0.25, -0.2) is 0 Å². The van der Waals surface area contributed by atoms with Crippen molar-refractivity contribution in [2.75, 3.05) is 6.79 Å². The monoisotopic (exact) mass is 488 g/mol. The molecule has 0 amide bonds. The number of benzene rings is 3. The van der Waals surface area contributed by atoms with Crippen LogP contribution in [0.2, 0.25) is 15.1 Å². The molecule has 0 N–H and O–H groups in total. The molecule has 0 aromatic heterocycles. The van der Waals surface area contributed by atoms with E-state index in [4.69, 9.17) is 53.8 Å². The first-order valence-electron chi connectivity index (χ1n) is 9.66. The Hall–Kier alpha value is -2.70. The van der Waals surface area contributed by atoms with E-state index in [1.807, 2.05) is 6.07 Å². The van der Waals surface area contributed by atoms with Gasteiger partial charge in [-0.1, -0.05) is 40.9 Å². The number of halogens is 3. The van der Waals surface area contributed by atoms with Crippen LogP contribution in [0.1, 0.15) is 27.0 Å². The van der Waals surface area contributed by atoms with Crippen molar-refractivity contribution < 1.29 is 23.7 Å². The molecule has 0 fully saturated rings. The molecule has 2 aliphatic rings. The molecule has 0 saturated heterocycles. The summed E-state index contributed by atoms with van der Waals surface area (Å²) in [6.07, 6.45) is 1.60. The third-order valence-corrected chi connectivity index (χ3v) is 5.82. The first-order valence-corrected chi connectivity index (χ1v) is 10.8. The highest BCUT2D eigenvalue weighted by Crippen LogP contribution is 2.37. The highest BCUT2D eigenvalue weighted by molar-refractivity contribution is 6.35. The largest absolute Gasteiger partial charge is 0.489 e. The first-order chi connectivity index (χ1) is 15.5. The summed E-state index contributed by atoms with van der Waals surface area (Å²) >= 11 is 18.4. The Morgan fingerprint density at radius 1 is 1.00 bits per heavy atom. The third kappa shape index (κ3) is 4.17. The van der Waals surface area contributed by atoms with E-state index >= 15 is 0 Å². The normalized spacial score (nSPS) is 15.7. The molecule has 2 aliphatic heterocycles. The number of ether oxygens (including phenoxy) is 4. The Morgan fingerprint density at radius 2 is 1.88 bits per heavy atom. The van der Waals surface area contributed by atoms with Crippen LogP contribution >= 0.6 is 34.8 Å². The van der Waals surface area contributed by atoms with E-state index in [-0.39, 0.29) is 24.9 Å². The molecule has 162 valence electrons. The van der Waals surface area contributed by atoms with Crippen molar-refractivity contribution in [1.82, 2.24) is 0 Å². The Kier molecular flexibility index (Phi) is 5.74. The number of ketones is 1. The number of carbonyl (C=O) groups is 1. The second-order valence-corrected chi connectivity index (χ2v) is 8.50. The maximum Gasteiger partial charge on any atom is 0.231 e. The lowest BCUT2D eigenvalue weighted by molar-refractivity contribution is -0.0175. The van der Waals surface area contributed by atoms with Gasteiger partial charge in [-0.2, -0.15) is 0 Å². The van der Waals surface area contributed by atoms with Crippen LogP contribution in [0.4, 0.5) is 0 Å². The van der Waals surface area contributed by atoms with E-state index in [1.165, 1.54) is 0 Å². The molecular formula is C24H15Cl3O5. The summed E-state index contributed by atoms with van der Waals surface area (Å²) in [6, 6.07) is 13.7. The predicted molar refractivity (Wildman–Crippen MR) is 122 cm³/mol. The second kappa shape index (κ2) is 8.68. The lowest BCUT2D eigenvalue weighted by Gasteiger charge is -2.21. The van der Waals surface area contributed by atoms with Crippen LogP contribution in [-0.4, -0.2) is 12.6 Å². The molecule has 0 spiro atoms. The molecule has 32 heavy (non-hydrogen) atoms. The topological polar surface area (TPSA) is 54.0 Å². The van der Waals surface area contributed by atoms with Crippen molar-refractivity contribution in [1.29, 1.82) is 0 Å². The van der Waals surface area contributed by atoms with Crippen LogP contribution < -0.4 is 14.2 Å². The zero-order chi connectivity index (χ0) is 22.2. The Morgan fingerprint density at radius 3 is 2.72 bits per heavy atom. The lowest BCUT2D eigenvalue weighted by atomic mass is 10.1. The number of carbonyl (C=O) groups excluding carboxylic acids is 1. The summed E-state index contributed by atoms with van der Waals surface area (Å²) in [7, 11) is 0. The van der Waals surface area contributed by atoms with Gasteiger partial charge in [0.15, 0.2) is 12.6 Å². The fourth-order valence-corrected chi connectivity index (χ4v) is 4.27. The van der Waals surface area contributed by atoms with Gasteiger partial charge in [0.1, 0.15) is 23.9 Å². The minimum absolute atomic E-state index is 0.179. The van der Waals surface area contributed by atoms with Gasteiger partial charge in [-0.15, -0.1) is 0 Å². The summed E-state index contributed by atoms with van der Waals surface area (Å²) < 4.78 is 22.6. The Balaban J connectivity index is 1.35. The molecule has 0 saturated carbocycles. The predicted octanol–water partition coefficient (Wildman–Crippen LogP) is 6.71. The van der Waals surface area contributed by atoms with Gasteiger partial charge < -0.3 is 18.9 Å². The molecule has 0 atom stereocenters. The van der Waals surface area contributed by atoms with Crippen molar-refractivity contribution in [3.05, 3.63) is 91.6 Å². The van der Waals surface area contributed by atoms with Gasteiger partial charge in [0.2, 0.25) is 5.78 Å². The second-order valence-electron chi connectivity index (χ2n) is 7.22. The van der Waals surface area contributed by atoms with Crippen LogP contribution in [-0.2, 0) is 18.0 Å². The van der Waals surface area contributed by atoms with Crippen LogP contribution in [0.5, 0.6) is 17.2 Å². The summed E-state index contributed by atoms with van der Waals surface area (Å²) in [6.45, 7) is 0.853. The molecule has 5 nitrogen and oxygen atoms in total. The van der Waals surface area contributed by atoms with E-state index in [2.05, 4.69) is 0 Å². The van der Waals surface area contributed by atoms with Crippen molar-refractivity contribution in [2.24, 2.45) is 0 Å². The number of rotatable bonds is 4. The summed E-state index contributed by atoms with van der Waals surface area (Å²) in [4.78, 5) is 12.7. The number of fused-ring (bicyclic) bond motifs is 2. The Bertz CT molecular complexity index is 1270. The quantitative estimate of drug-likeness (QED) is 0.381. The van der Waals surface area contributed by atoms with E-state index in [1.54, 1.807) is 48.5 Å². The molecule has 8 heteroatoms. The van der Waals surface area contributed by atoms with Gasteiger partial charge >= 0.3 is 0 Å². The van der Waals surface area contributed by atoms with Crippen LogP contribution in [0.3, 0.4) is 0 Å². The van der Waals surface area contributed by atoms with Crippen molar-refractivity contribution in [3.63, 3.8) is 0 Å². The van der Waals surface area contributed by atoms with Crippen LogP contribution in [0, 0.1) is 0 Å². The molecular weight excluding hydrogens is 475 g/mol. The molecule has 3 aromatic carbocycles. The van der Waals surface area contributed by atoms with Gasteiger partial charge in [0.05, 0.1) is 12.2 Å². The first kappa shape index (κ1) is 21.2. The van der Waals surface area contributed by atoms with Gasteiger partial charge in [-0.05, 0) is 48.0 Å². The standard InChI is InChI=1S/C24H15Cl3O5/c25-16-2-1-13(20(27)8-16)7-22-23(28)19-4-3-18(9-21(19)32-22)30-11-15-6-17(26)5-14-10-29-12-31-24(14)15/h1-9H,10-12H2/b22-7-. The summed E-state index contributed by atoms with van der Waals surface area (Å²) in [5.41, 5.74) is 2.78. The molecule has 0 radical (unpaired) electrons. The average molecular weight is 490 g/mol. The van der Waals surface area contributed by atoms with Crippen molar-refractivity contribution >= 4 is 46.7 Å². The minimum Gasteiger partial charge on any atom is -0.489 e. The maximum atomic E-state index is 12.7. The van der Waals surface area contributed by atoms with Gasteiger partial charge in [0, 0.05) is 32.3 Å². The highest BCUT2D eigenvalue weighted by atomic mass is 35.5. The average Bonchev–Trinajstić information content (AvgIpc) is 3.08. The Labute approximate surface area is 199 Å². The number of hydrogen-bond acceptors (Lipinski definition) is 5. The highest BCUT2D eigenvalue weighted by Gasteiger charge is 2.28. The fourth-order valence-electron chi connectivity index (χ4n) is 3.54. The SMILES string of the molecule is O=C1/C(=C/c2ccc(Cl)cc2Cl)Oc2cc(OCc3cc(Cl)cc4c3OCOC4)ccc21. The number of hydrogen-bond donors (Lipinski definition) is 0. The van der Waals surface area contributed by atoms with Crippen molar-refractivity contribution in [3.8, 4) is 17.2 Å². The van der Waals surface area contributed by atoms with E-state index in [9.17, 15) is 4.79 Å². The van der Waals surface area contributed by atoms with E-state index < -0.39 is 0 Å². The molecule has 3 aromatic rings. The molecule has 0 aliphatic carbocycles. The zero-order valence-electron chi connectivity index (χ0n) is 16.5. The number of allylic oxidation sites excluding steroid dienone is 1. The molecule has 2 heterocycles. The summed E-state index contributed by atoms with van der Waals surface area (Å²) in [5, 5.41) is 1.52. The summed E-state index contributed by atoms with van der Waals surface area (Å²) in [5.74, 6) is 1.64. The van der Waals surface area contributed by atoms with E-state index in [0.717, 1.165) is 16.9 Å². The number of Topliss-reactive ketones (excluding diaryl/α,β-unsaturated/α-hetero) is 1. The fraction of sp³-hybridized carbons (Fsp3) is 0.125. The minimum atomic E-state index is -0.227. The van der Waals surface area contributed by atoms with Gasteiger partial charge in [-0.3, -0.25) is 4.79 Å². The zero-order valence-corrected chi connectivity index (χ0v) is 18.8. The smallest absolute Gasteiger partial charge is 0.231 e. The van der Waals surface area contributed by atoms with Crippen molar-refractivity contribution in [2.45, 2.75) is 13.2 Å².